The van der Waals surface area contributed by atoms with Crippen LogP contribution in [-0.4, -0.2) is 62.3 Å². The van der Waals surface area contributed by atoms with Crippen LogP contribution in [0.25, 0.3) is 0 Å². The minimum atomic E-state index is -3.03. The van der Waals surface area contributed by atoms with E-state index in [4.69, 9.17) is 9.47 Å². The maximum absolute atomic E-state index is 12.0. The van der Waals surface area contributed by atoms with Crippen molar-refractivity contribution in [2.75, 3.05) is 31.8 Å². The van der Waals surface area contributed by atoms with Gasteiger partial charge in [-0.3, -0.25) is 4.90 Å². The molecule has 7 heteroatoms. The number of ether oxygens (including phenoxy) is 2. The van der Waals surface area contributed by atoms with Gasteiger partial charge in [0.1, 0.15) is 24.2 Å². The van der Waals surface area contributed by atoms with E-state index in [1.165, 1.54) is 0 Å². The number of methoxy groups -OCH3 is 1. The van der Waals surface area contributed by atoms with Crippen LogP contribution in [-0.2, 0) is 16.4 Å². The molecule has 1 heterocycles. The molecule has 164 valence electrons. The number of aryl methyl sites for hydroxylation is 2. The number of hydrogen-bond acceptors (Lipinski definition) is 6. The Hall–Kier alpha value is -2.09. The summed E-state index contributed by atoms with van der Waals surface area (Å²) in [5, 5.41) is 10.7. The predicted octanol–water partition coefficient (Wildman–Crippen LogP) is 2.74. The second kappa shape index (κ2) is 9.81. The number of aliphatic hydroxyl groups is 1. The molecule has 30 heavy (non-hydrogen) atoms. The number of hydrogen-bond donors (Lipinski definition) is 1. The summed E-state index contributed by atoms with van der Waals surface area (Å²) in [5.41, 5.74) is 3.20. The molecule has 1 fully saturated rings. The highest BCUT2D eigenvalue weighted by Gasteiger charge is 2.33. The first kappa shape index (κ1) is 22.6. The second-order valence-electron chi connectivity index (χ2n) is 8.07. The molecule has 2 aromatic rings. The Bertz CT molecular complexity index is 960. The number of aliphatic hydroxyl groups excluding tert-OH is 1. The van der Waals surface area contributed by atoms with Crippen molar-refractivity contribution in [3.63, 3.8) is 0 Å². The lowest BCUT2D eigenvalue weighted by Crippen LogP contribution is -2.42. The lowest BCUT2D eigenvalue weighted by molar-refractivity contribution is 0.0522. The molecule has 0 spiro atoms. The Morgan fingerprint density at radius 1 is 1.20 bits per heavy atom. The Morgan fingerprint density at radius 2 is 2.00 bits per heavy atom. The molecule has 1 N–H and O–H groups in total. The maximum Gasteiger partial charge on any atom is 0.151 e. The molecular formula is C23H31NO5S. The summed E-state index contributed by atoms with van der Waals surface area (Å²) >= 11 is 0. The van der Waals surface area contributed by atoms with Crippen molar-refractivity contribution in [2.45, 2.75) is 39.0 Å². The first-order chi connectivity index (χ1) is 14.3. The Balaban J connectivity index is 1.67. The molecule has 2 atom stereocenters. The number of sulfone groups is 1. The summed E-state index contributed by atoms with van der Waals surface area (Å²) in [5.74, 6) is 1.83. The molecule has 0 aliphatic carbocycles. The monoisotopic (exact) mass is 433 g/mol. The third-order valence-electron chi connectivity index (χ3n) is 5.45. The third kappa shape index (κ3) is 6.20. The summed E-state index contributed by atoms with van der Waals surface area (Å²) < 4.78 is 35.2. The van der Waals surface area contributed by atoms with E-state index in [1.807, 2.05) is 56.3 Å². The molecule has 1 aliphatic rings. The van der Waals surface area contributed by atoms with Gasteiger partial charge >= 0.3 is 0 Å². The van der Waals surface area contributed by atoms with Crippen LogP contribution in [0.5, 0.6) is 11.5 Å². The molecule has 3 rings (SSSR count). The fourth-order valence-corrected chi connectivity index (χ4v) is 5.64. The van der Waals surface area contributed by atoms with E-state index in [1.54, 1.807) is 7.11 Å². The first-order valence-electron chi connectivity index (χ1n) is 10.2. The number of nitrogens with zero attached hydrogens (tertiary/aromatic N) is 1. The van der Waals surface area contributed by atoms with Gasteiger partial charge in [0.2, 0.25) is 0 Å². The topological polar surface area (TPSA) is 76.1 Å². The van der Waals surface area contributed by atoms with Crippen LogP contribution in [0.3, 0.4) is 0 Å². The summed E-state index contributed by atoms with van der Waals surface area (Å²) in [4.78, 5) is 2.05. The normalized spacial score (nSPS) is 19.0. The standard InChI is InChI=1S/C23H31NO5S/c1-17-7-8-23(18(2)11-17)29-15-21(25)14-24(20-9-10-30(26,27)16-20)13-19-5-4-6-22(12-19)28-3/h4-8,11-12,20-21,25H,9-10,13-16H2,1-3H3. The molecule has 2 aromatic carbocycles. The van der Waals surface area contributed by atoms with E-state index in [0.717, 1.165) is 28.2 Å². The van der Waals surface area contributed by atoms with Gasteiger partial charge in [-0.2, -0.15) is 0 Å². The third-order valence-corrected chi connectivity index (χ3v) is 7.20. The summed E-state index contributed by atoms with van der Waals surface area (Å²) in [6.45, 7) is 5.03. The molecule has 0 amide bonds. The van der Waals surface area contributed by atoms with Crippen molar-refractivity contribution in [3.05, 3.63) is 59.2 Å². The van der Waals surface area contributed by atoms with Crippen molar-refractivity contribution >= 4 is 9.84 Å². The maximum atomic E-state index is 12.0. The largest absolute Gasteiger partial charge is 0.497 e. The van der Waals surface area contributed by atoms with Crippen LogP contribution < -0.4 is 9.47 Å². The average Bonchev–Trinajstić information content (AvgIpc) is 3.07. The molecule has 0 bridgehead atoms. The summed E-state index contributed by atoms with van der Waals surface area (Å²) in [7, 11) is -1.41. The molecular weight excluding hydrogens is 402 g/mol. The van der Waals surface area contributed by atoms with Gasteiger partial charge in [-0.05, 0) is 49.6 Å². The fourth-order valence-electron chi connectivity index (χ4n) is 3.88. The Morgan fingerprint density at radius 3 is 2.67 bits per heavy atom. The SMILES string of the molecule is COc1cccc(CN(CC(O)COc2ccc(C)cc2C)C2CCS(=O)(=O)C2)c1. The van der Waals surface area contributed by atoms with Crippen molar-refractivity contribution in [2.24, 2.45) is 0 Å². The molecule has 0 saturated carbocycles. The van der Waals surface area contributed by atoms with E-state index in [-0.39, 0.29) is 24.2 Å². The summed E-state index contributed by atoms with van der Waals surface area (Å²) in [6, 6.07) is 13.5. The van der Waals surface area contributed by atoms with Crippen LogP contribution in [0.15, 0.2) is 42.5 Å². The number of rotatable bonds is 9. The number of benzene rings is 2. The van der Waals surface area contributed by atoms with Crippen LogP contribution in [0.4, 0.5) is 0 Å². The van der Waals surface area contributed by atoms with Crippen molar-refractivity contribution < 1.29 is 23.0 Å². The van der Waals surface area contributed by atoms with Gasteiger partial charge in [-0.1, -0.05) is 29.8 Å². The molecule has 6 nitrogen and oxygen atoms in total. The minimum Gasteiger partial charge on any atom is -0.497 e. The zero-order valence-corrected chi connectivity index (χ0v) is 18.7. The molecule has 0 aromatic heterocycles. The van der Waals surface area contributed by atoms with E-state index in [9.17, 15) is 13.5 Å². The van der Waals surface area contributed by atoms with Gasteiger partial charge in [0, 0.05) is 19.1 Å². The molecule has 0 radical (unpaired) electrons. The molecule has 2 unspecified atom stereocenters. The highest BCUT2D eigenvalue weighted by Crippen LogP contribution is 2.23. The van der Waals surface area contributed by atoms with E-state index in [0.29, 0.717) is 19.5 Å². The minimum absolute atomic E-state index is 0.114. The van der Waals surface area contributed by atoms with Crippen molar-refractivity contribution in [3.8, 4) is 11.5 Å². The van der Waals surface area contributed by atoms with E-state index in [2.05, 4.69) is 4.90 Å². The van der Waals surface area contributed by atoms with Crippen LogP contribution in [0, 0.1) is 13.8 Å². The average molecular weight is 434 g/mol. The van der Waals surface area contributed by atoms with Crippen LogP contribution in [0.1, 0.15) is 23.1 Å². The predicted molar refractivity (Wildman–Crippen MR) is 118 cm³/mol. The lowest BCUT2D eigenvalue weighted by Gasteiger charge is -2.30. The summed E-state index contributed by atoms with van der Waals surface area (Å²) in [6.07, 6.45) is -0.156. The smallest absolute Gasteiger partial charge is 0.151 e. The van der Waals surface area contributed by atoms with Crippen LogP contribution in [0.2, 0.25) is 0 Å². The highest BCUT2D eigenvalue weighted by molar-refractivity contribution is 7.91. The van der Waals surface area contributed by atoms with Crippen LogP contribution >= 0.6 is 0 Å². The van der Waals surface area contributed by atoms with Gasteiger partial charge < -0.3 is 14.6 Å². The Labute approximate surface area is 179 Å². The van der Waals surface area contributed by atoms with Crippen molar-refractivity contribution in [1.29, 1.82) is 0 Å². The molecule has 1 saturated heterocycles. The van der Waals surface area contributed by atoms with E-state index >= 15 is 0 Å². The zero-order valence-electron chi connectivity index (χ0n) is 17.9. The lowest BCUT2D eigenvalue weighted by atomic mass is 10.1. The van der Waals surface area contributed by atoms with Gasteiger partial charge in [0.05, 0.1) is 18.6 Å². The van der Waals surface area contributed by atoms with Gasteiger partial charge in [0.15, 0.2) is 9.84 Å². The van der Waals surface area contributed by atoms with Gasteiger partial charge in [-0.15, -0.1) is 0 Å². The van der Waals surface area contributed by atoms with Crippen molar-refractivity contribution in [1.82, 2.24) is 4.90 Å². The zero-order chi connectivity index (χ0) is 21.7. The highest BCUT2D eigenvalue weighted by atomic mass is 32.2. The quantitative estimate of drug-likeness (QED) is 0.655. The van der Waals surface area contributed by atoms with Gasteiger partial charge in [0.25, 0.3) is 0 Å². The van der Waals surface area contributed by atoms with Gasteiger partial charge in [-0.25, -0.2) is 8.42 Å². The fraction of sp³-hybridized carbons (Fsp3) is 0.478. The second-order valence-corrected chi connectivity index (χ2v) is 10.3. The first-order valence-corrected chi connectivity index (χ1v) is 12.0. The molecule has 1 aliphatic heterocycles. The Kier molecular flexibility index (Phi) is 7.39. The van der Waals surface area contributed by atoms with E-state index < -0.39 is 15.9 Å².